The molecular weight excluding hydrogens is 302 g/mol. The highest BCUT2D eigenvalue weighted by atomic mass is 16.4. The first-order valence-electron chi connectivity index (χ1n) is 6.45. The van der Waals surface area contributed by atoms with Crippen LogP contribution in [-0.4, -0.2) is 33.7 Å². The number of amidine groups is 1. The summed E-state index contributed by atoms with van der Waals surface area (Å²) in [5.74, 6) is -3.81. The van der Waals surface area contributed by atoms with Crippen LogP contribution < -0.4 is 11.2 Å². The third kappa shape index (κ3) is 5.84. The number of nitrogens with two attached hydrogens (primary N) is 1. The molecule has 0 saturated carbocycles. The maximum Gasteiger partial charge on any atom is 0.307 e. The Labute approximate surface area is 131 Å². The van der Waals surface area contributed by atoms with Crippen LogP contribution in [0.5, 0.6) is 0 Å². The van der Waals surface area contributed by atoms with E-state index in [0.717, 1.165) is 0 Å². The van der Waals surface area contributed by atoms with Crippen molar-refractivity contribution in [3.8, 4) is 6.07 Å². The number of hydrazone groups is 1. The zero-order valence-electron chi connectivity index (χ0n) is 12.0. The number of rotatable bonds is 8. The van der Waals surface area contributed by atoms with Gasteiger partial charge in [0.2, 0.25) is 5.71 Å². The van der Waals surface area contributed by atoms with Crippen LogP contribution in [0.15, 0.2) is 29.4 Å². The number of carboxylic acids is 2. The predicted octanol–water partition coefficient (Wildman–Crippen LogP) is 0.632. The van der Waals surface area contributed by atoms with Crippen molar-refractivity contribution in [2.45, 2.75) is 12.8 Å². The van der Waals surface area contributed by atoms with Crippen molar-refractivity contribution < 1.29 is 19.8 Å². The Morgan fingerprint density at radius 3 is 2.39 bits per heavy atom. The standard InChI is InChI=1S/C14H15N5O4/c15-7-11(13(16)17)19-18-10-3-1-8(2-4-10)5-9(14(22)23)6-12(20)21/h1-4,9,18H,5-6H2,(H3,16,17)(H,20,21)(H,22,23)/b19-11+. The molecule has 0 aliphatic rings. The van der Waals surface area contributed by atoms with Crippen LogP contribution in [0.1, 0.15) is 12.0 Å². The van der Waals surface area contributed by atoms with Gasteiger partial charge in [0, 0.05) is 0 Å². The molecule has 0 amide bonds. The van der Waals surface area contributed by atoms with Crippen molar-refractivity contribution >= 4 is 29.2 Å². The summed E-state index contributed by atoms with van der Waals surface area (Å²) in [5, 5.41) is 37.2. The molecule has 0 spiro atoms. The summed E-state index contributed by atoms with van der Waals surface area (Å²) >= 11 is 0. The Bertz CT molecular complexity index is 675. The molecule has 1 rings (SSSR count). The molecule has 0 aliphatic heterocycles. The van der Waals surface area contributed by atoms with Crippen molar-refractivity contribution in [1.29, 1.82) is 10.7 Å². The van der Waals surface area contributed by atoms with Crippen LogP contribution in [0.25, 0.3) is 0 Å². The summed E-state index contributed by atoms with van der Waals surface area (Å²) in [6.45, 7) is 0. The maximum atomic E-state index is 11.0. The topological polar surface area (TPSA) is 173 Å². The molecule has 120 valence electrons. The quantitative estimate of drug-likeness (QED) is 0.265. The first-order chi connectivity index (χ1) is 10.8. The molecule has 0 radical (unpaired) electrons. The van der Waals surface area contributed by atoms with E-state index in [0.29, 0.717) is 11.3 Å². The third-order valence-electron chi connectivity index (χ3n) is 2.86. The van der Waals surface area contributed by atoms with Crippen molar-refractivity contribution in [3.63, 3.8) is 0 Å². The van der Waals surface area contributed by atoms with E-state index in [-0.39, 0.29) is 12.1 Å². The highest BCUT2D eigenvalue weighted by molar-refractivity contribution is 6.45. The number of hydrogen-bond acceptors (Lipinski definition) is 6. The second kappa shape index (κ2) is 8.14. The Morgan fingerprint density at radius 1 is 1.35 bits per heavy atom. The van der Waals surface area contributed by atoms with E-state index >= 15 is 0 Å². The second-order valence-corrected chi connectivity index (χ2v) is 4.63. The van der Waals surface area contributed by atoms with Crippen molar-refractivity contribution in [1.82, 2.24) is 0 Å². The van der Waals surface area contributed by atoms with Crippen LogP contribution >= 0.6 is 0 Å². The predicted molar refractivity (Wildman–Crippen MR) is 82.1 cm³/mol. The fourth-order valence-electron chi connectivity index (χ4n) is 1.72. The van der Waals surface area contributed by atoms with E-state index < -0.39 is 30.1 Å². The first kappa shape index (κ1) is 17.6. The molecule has 0 aromatic heterocycles. The summed E-state index contributed by atoms with van der Waals surface area (Å²) < 4.78 is 0. The van der Waals surface area contributed by atoms with Crippen LogP contribution in [0, 0.1) is 22.7 Å². The van der Waals surface area contributed by atoms with Crippen LogP contribution in [-0.2, 0) is 16.0 Å². The minimum absolute atomic E-state index is 0.0854. The van der Waals surface area contributed by atoms with E-state index in [1.54, 1.807) is 30.3 Å². The molecule has 1 aromatic rings. The molecule has 0 bridgehead atoms. The summed E-state index contributed by atoms with van der Waals surface area (Å²) in [5.41, 5.74) is 8.59. The molecule has 23 heavy (non-hydrogen) atoms. The SMILES string of the molecule is N#C/C(=N\Nc1ccc(CC(CC(=O)O)C(=O)O)cc1)C(=N)N. The third-order valence-corrected chi connectivity index (χ3v) is 2.86. The highest BCUT2D eigenvalue weighted by Gasteiger charge is 2.21. The molecule has 0 saturated heterocycles. The molecule has 1 atom stereocenters. The van der Waals surface area contributed by atoms with Crippen molar-refractivity contribution in [2.24, 2.45) is 16.8 Å². The lowest BCUT2D eigenvalue weighted by molar-refractivity contribution is -0.148. The Morgan fingerprint density at radius 2 is 1.96 bits per heavy atom. The number of nitrogens with zero attached hydrogens (tertiary/aromatic N) is 2. The lowest BCUT2D eigenvalue weighted by Gasteiger charge is -2.10. The number of nitriles is 1. The van der Waals surface area contributed by atoms with E-state index in [9.17, 15) is 9.59 Å². The molecule has 0 fully saturated rings. The number of nitrogens with one attached hydrogen (secondary N) is 2. The monoisotopic (exact) mass is 317 g/mol. The largest absolute Gasteiger partial charge is 0.481 e. The number of hydrogen-bond donors (Lipinski definition) is 5. The number of aliphatic carboxylic acids is 2. The molecule has 6 N–H and O–H groups in total. The van der Waals surface area contributed by atoms with Gasteiger partial charge < -0.3 is 15.9 Å². The molecule has 1 aromatic carbocycles. The highest BCUT2D eigenvalue weighted by Crippen LogP contribution is 2.16. The Kier molecular flexibility index (Phi) is 6.24. The van der Waals surface area contributed by atoms with Gasteiger partial charge in [-0.25, -0.2) is 0 Å². The molecule has 9 nitrogen and oxygen atoms in total. The van der Waals surface area contributed by atoms with Gasteiger partial charge in [-0.3, -0.25) is 20.4 Å². The minimum Gasteiger partial charge on any atom is -0.481 e. The van der Waals surface area contributed by atoms with Crippen LogP contribution in [0.4, 0.5) is 5.69 Å². The molecule has 9 heteroatoms. The van der Waals surface area contributed by atoms with Gasteiger partial charge in [-0.1, -0.05) is 12.1 Å². The smallest absolute Gasteiger partial charge is 0.307 e. The van der Waals surface area contributed by atoms with Gasteiger partial charge in [-0.15, -0.1) is 0 Å². The lowest BCUT2D eigenvalue weighted by Crippen LogP contribution is -2.21. The maximum absolute atomic E-state index is 11.0. The van der Waals surface area contributed by atoms with E-state index in [1.807, 2.05) is 0 Å². The van der Waals surface area contributed by atoms with Crippen molar-refractivity contribution in [2.75, 3.05) is 5.43 Å². The lowest BCUT2D eigenvalue weighted by atomic mass is 9.96. The van der Waals surface area contributed by atoms with Gasteiger partial charge in [0.15, 0.2) is 5.84 Å². The van der Waals surface area contributed by atoms with Crippen LogP contribution in [0.2, 0.25) is 0 Å². The van der Waals surface area contributed by atoms with Gasteiger partial charge in [0.25, 0.3) is 0 Å². The summed E-state index contributed by atoms with van der Waals surface area (Å²) in [7, 11) is 0. The van der Waals surface area contributed by atoms with Crippen molar-refractivity contribution in [3.05, 3.63) is 29.8 Å². The fraction of sp³-hybridized carbons (Fsp3) is 0.214. The zero-order chi connectivity index (χ0) is 17.4. The summed E-state index contributed by atoms with van der Waals surface area (Å²) in [6, 6.07) is 8.08. The molecular formula is C14H15N5O4. The van der Waals surface area contributed by atoms with Gasteiger partial charge in [0.05, 0.1) is 18.0 Å². The summed E-state index contributed by atoms with van der Waals surface area (Å²) in [4.78, 5) is 21.7. The molecule has 0 aliphatic carbocycles. The average molecular weight is 317 g/mol. The number of carboxylic acid groups (broad SMARTS) is 2. The van der Waals surface area contributed by atoms with Gasteiger partial charge in [-0.2, -0.15) is 10.4 Å². The Hall–Kier alpha value is -3.41. The zero-order valence-corrected chi connectivity index (χ0v) is 12.0. The van der Waals surface area contributed by atoms with Gasteiger partial charge >= 0.3 is 11.9 Å². The minimum atomic E-state index is -1.17. The van der Waals surface area contributed by atoms with E-state index in [2.05, 4.69) is 10.5 Å². The molecule has 0 heterocycles. The van der Waals surface area contributed by atoms with Gasteiger partial charge in [0.1, 0.15) is 6.07 Å². The van der Waals surface area contributed by atoms with Crippen LogP contribution in [0.3, 0.4) is 0 Å². The van der Waals surface area contributed by atoms with Gasteiger partial charge in [-0.05, 0) is 24.1 Å². The normalized spacial score (nSPS) is 12.0. The number of anilines is 1. The second-order valence-electron chi connectivity index (χ2n) is 4.63. The number of benzene rings is 1. The number of carbonyl (C=O) groups is 2. The first-order valence-corrected chi connectivity index (χ1v) is 6.45. The molecule has 1 unspecified atom stereocenters. The average Bonchev–Trinajstić information content (AvgIpc) is 2.48. The van der Waals surface area contributed by atoms with E-state index in [4.69, 9.17) is 26.6 Å². The Balaban J connectivity index is 2.76. The van der Waals surface area contributed by atoms with E-state index in [1.165, 1.54) is 0 Å². The fourth-order valence-corrected chi connectivity index (χ4v) is 1.72. The summed E-state index contributed by atoms with van der Waals surface area (Å²) in [6.07, 6.45) is -0.369.